The van der Waals surface area contributed by atoms with Gasteiger partial charge in [0.05, 0.1) is 5.52 Å². The van der Waals surface area contributed by atoms with Gasteiger partial charge in [-0.15, -0.1) is 0 Å². The van der Waals surface area contributed by atoms with Gasteiger partial charge in [-0.25, -0.2) is 4.98 Å². The smallest absolute Gasteiger partial charge is 0.145 e. The van der Waals surface area contributed by atoms with Crippen LogP contribution in [-0.4, -0.2) is 9.38 Å². The molecule has 0 aliphatic heterocycles. The zero-order valence-electron chi connectivity index (χ0n) is 12.8. The summed E-state index contributed by atoms with van der Waals surface area (Å²) in [6, 6.07) is 12.9. The molecule has 1 aliphatic carbocycles. The second-order valence-electron chi connectivity index (χ2n) is 6.53. The number of aromatic nitrogens is 2. The van der Waals surface area contributed by atoms with Crippen LogP contribution in [0.5, 0.6) is 0 Å². The highest BCUT2D eigenvalue weighted by molar-refractivity contribution is 6.31. The van der Waals surface area contributed by atoms with E-state index in [0.717, 1.165) is 16.2 Å². The molecule has 0 atom stereocenters. The number of nitrogens with zero attached hydrogens (tertiary/aromatic N) is 2. The molecular weight excluding hydrogens is 304 g/mol. The van der Waals surface area contributed by atoms with E-state index in [1.165, 1.54) is 47.4 Å². The van der Waals surface area contributed by atoms with E-state index in [1.54, 1.807) is 0 Å². The molecule has 2 aromatic heterocycles. The lowest BCUT2D eigenvalue weighted by Crippen LogP contribution is -1.98. The van der Waals surface area contributed by atoms with Crippen LogP contribution < -0.4 is 0 Å². The summed E-state index contributed by atoms with van der Waals surface area (Å²) >= 11 is 6.24. The first kappa shape index (κ1) is 13.4. The van der Waals surface area contributed by atoms with Gasteiger partial charge in [0, 0.05) is 28.2 Å². The van der Waals surface area contributed by atoms with Crippen LogP contribution in [0.4, 0.5) is 0 Å². The summed E-state index contributed by atoms with van der Waals surface area (Å²) in [5.74, 6) is 0.670. The molecule has 23 heavy (non-hydrogen) atoms. The fraction of sp³-hybridized carbons (Fsp3) is 0.250. The molecular formula is C20H17ClN2. The monoisotopic (exact) mass is 320 g/mol. The third-order valence-corrected chi connectivity index (χ3v) is 5.50. The maximum absolute atomic E-state index is 6.24. The van der Waals surface area contributed by atoms with Crippen LogP contribution in [-0.2, 0) is 0 Å². The topological polar surface area (TPSA) is 17.3 Å². The molecule has 1 saturated carbocycles. The van der Waals surface area contributed by atoms with Crippen LogP contribution in [0.1, 0.15) is 37.2 Å². The fourth-order valence-electron chi connectivity index (χ4n) is 4.24. The zero-order chi connectivity index (χ0) is 15.4. The second kappa shape index (κ2) is 4.97. The SMILES string of the molecule is Clc1ccc2c3cccc(C4CCCC4)c3c3nccn3c2c1. The highest BCUT2D eigenvalue weighted by Crippen LogP contribution is 2.40. The van der Waals surface area contributed by atoms with Crippen molar-refractivity contribution in [3.8, 4) is 0 Å². The lowest BCUT2D eigenvalue weighted by Gasteiger charge is -2.16. The van der Waals surface area contributed by atoms with Gasteiger partial charge in [-0.1, -0.05) is 48.7 Å². The average Bonchev–Trinajstić information content (AvgIpc) is 3.26. The van der Waals surface area contributed by atoms with Gasteiger partial charge in [-0.3, -0.25) is 4.40 Å². The number of rotatable bonds is 1. The quantitative estimate of drug-likeness (QED) is 0.396. The number of hydrogen-bond acceptors (Lipinski definition) is 1. The van der Waals surface area contributed by atoms with Gasteiger partial charge in [0.1, 0.15) is 5.65 Å². The Morgan fingerprint density at radius 2 is 1.91 bits per heavy atom. The van der Waals surface area contributed by atoms with E-state index in [1.807, 2.05) is 24.5 Å². The largest absolute Gasteiger partial charge is 0.299 e. The minimum Gasteiger partial charge on any atom is -0.299 e. The molecule has 0 saturated heterocycles. The van der Waals surface area contributed by atoms with E-state index in [2.05, 4.69) is 33.7 Å². The molecule has 1 aliphatic rings. The molecule has 0 bridgehead atoms. The van der Waals surface area contributed by atoms with Crippen LogP contribution in [0, 0.1) is 0 Å². The third-order valence-electron chi connectivity index (χ3n) is 5.27. The number of imidazole rings is 1. The van der Waals surface area contributed by atoms with Crippen LogP contribution in [0.25, 0.3) is 27.3 Å². The fourth-order valence-corrected chi connectivity index (χ4v) is 4.40. The molecule has 0 unspecified atom stereocenters. The molecule has 1 fully saturated rings. The molecule has 4 aromatic rings. The van der Waals surface area contributed by atoms with E-state index in [4.69, 9.17) is 11.6 Å². The van der Waals surface area contributed by atoms with Crippen molar-refractivity contribution in [1.29, 1.82) is 0 Å². The van der Waals surface area contributed by atoms with E-state index >= 15 is 0 Å². The number of benzene rings is 2. The molecule has 0 amide bonds. The third kappa shape index (κ3) is 1.91. The molecule has 0 N–H and O–H groups in total. The molecule has 2 heterocycles. The van der Waals surface area contributed by atoms with Crippen molar-refractivity contribution in [3.05, 3.63) is 59.4 Å². The summed E-state index contributed by atoms with van der Waals surface area (Å²) in [5, 5.41) is 4.62. The Bertz CT molecular complexity index is 1040. The number of pyridine rings is 1. The van der Waals surface area contributed by atoms with Crippen LogP contribution in [0.15, 0.2) is 48.8 Å². The highest BCUT2D eigenvalue weighted by Gasteiger charge is 2.21. The Hall–Kier alpha value is -2.06. The standard InChI is InChI=1S/C20H17ClN2/c21-14-8-9-16-17-7-3-6-15(13-4-1-2-5-13)19(17)20-22-10-11-23(20)18(16)12-14/h3,6-13H,1-2,4-5H2. The summed E-state index contributed by atoms with van der Waals surface area (Å²) in [5.41, 5.74) is 3.64. The first-order valence-electron chi connectivity index (χ1n) is 8.30. The van der Waals surface area contributed by atoms with Gasteiger partial charge in [-0.2, -0.15) is 0 Å². The van der Waals surface area contributed by atoms with Crippen LogP contribution in [0.2, 0.25) is 5.02 Å². The molecule has 3 heteroatoms. The molecule has 2 aromatic carbocycles. The predicted octanol–water partition coefficient (Wildman–Crippen LogP) is 5.95. The average molecular weight is 321 g/mol. The Kier molecular flexibility index (Phi) is 2.89. The van der Waals surface area contributed by atoms with Gasteiger partial charge < -0.3 is 0 Å². The van der Waals surface area contributed by atoms with Crippen LogP contribution >= 0.6 is 11.6 Å². The number of halogens is 1. The number of fused-ring (bicyclic) bond motifs is 6. The molecule has 2 nitrogen and oxygen atoms in total. The molecule has 0 spiro atoms. The summed E-state index contributed by atoms with van der Waals surface area (Å²) in [6.45, 7) is 0. The lowest BCUT2D eigenvalue weighted by atomic mass is 9.91. The maximum atomic E-state index is 6.24. The molecule has 114 valence electrons. The van der Waals surface area contributed by atoms with E-state index in [9.17, 15) is 0 Å². The Balaban J connectivity index is 2.00. The normalized spacial score (nSPS) is 16.0. The molecule has 5 rings (SSSR count). The van der Waals surface area contributed by atoms with E-state index < -0.39 is 0 Å². The Morgan fingerprint density at radius 3 is 2.78 bits per heavy atom. The predicted molar refractivity (Wildman–Crippen MR) is 96.4 cm³/mol. The molecule has 0 radical (unpaired) electrons. The first-order chi connectivity index (χ1) is 11.3. The van der Waals surface area contributed by atoms with E-state index in [0.29, 0.717) is 5.92 Å². The zero-order valence-corrected chi connectivity index (χ0v) is 13.6. The van der Waals surface area contributed by atoms with Gasteiger partial charge in [-0.05, 0) is 41.8 Å². The van der Waals surface area contributed by atoms with Crippen molar-refractivity contribution in [3.63, 3.8) is 0 Å². The van der Waals surface area contributed by atoms with Crippen molar-refractivity contribution < 1.29 is 0 Å². The van der Waals surface area contributed by atoms with Crippen molar-refractivity contribution >= 4 is 38.9 Å². The summed E-state index contributed by atoms with van der Waals surface area (Å²) in [7, 11) is 0. The van der Waals surface area contributed by atoms with Crippen LogP contribution in [0.3, 0.4) is 0 Å². The Morgan fingerprint density at radius 1 is 1.04 bits per heavy atom. The minimum atomic E-state index is 0.670. The summed E-state index contributed by atoms with van der Waals surface area (Å²) in [4.78, 5) is 4.68. The Labute approximate surface area is 139 Å². The number of hydrogen-bond donors (Lipinski definition) is 0. The summed E-state index contributed by atoms with van der Waals surface area (Å²) < 4.78 is 2.18. The van der Waals surface area contributed by atoms with Gasteiger partial charge in [0.25, 0.3) is 0 Å². The van der Waals surface area contributed by atoms with Gasteiger partial charge in [0.15, 0.2) is 0 Å². The van der Waals surface area contributed by atoms with E-state index in [-0.39, 0.29) is 0 Å². The van der Waals surface area contributed by atoms with Gasteiger partial charge in [0.2, 0.25) is 0 Å². The van der Waals surface area contributed by atoms with Crippen molar-refractivity contribution in [2.45, 2.75) is 31.6 Å². The lowest BCUT2D eigenvalue weighted by molar-refractivity contribution is 0.729. The maximum Gasteiger partial charge on any atom is 0.145 e. The van der Waals surface area contributed by atoms with Crippen molar-refractivity contribution in [1.82, 2.24) is 9.38 Å². The highest BCUT2D eigenvalue weighted by atomic mass is 35.5. The van der Waals surface area contributed by atoms with Crippen molar-refractivity contribution in [2.24, 2.45) is 0 Å². The summed E-state index contributed by atoms with van der Waals surface area (Å²) in [6.07, 6.45) is 9.21. The van der Waals surface area contributed by atoms with Crippen molar-refractivity contribution in [2.75, 3.05) is 0 Å². The minimum absolute atomic E-state index is 0.670. The second-order valence-corrected chi connectivity index (χ2v) is 6.97. The van der Waals surface area contributed by atoms with Gasteiger partial charge >= 0.3 is 0 Å². The first-order valence-corrected chi connectivity index (χ1v) is 8.67.